The highest BCUT2D eigenvalue weighted by Gasteiger charge is 2.43. The molecule has 0 bridgehead atoms. The molecule has 0 aliphatic heterocycles. The van der Waals surface area contributed by atoms with Crippen LogP contribution in [0.4, 0.5) is 0 Å². The number of rotatable bonds is 9. The van der Waals surface area contributed by atoms with E-state index in [1.807, 2.05) is 0 Å². The van der Waals surface area contributed by atoms with Crippen molar-refractivity contribution in [3.63, 3.8) is 0 Å². The molecule has 7 rings (SSSR count). The summed E-state index contributed by atoms with van der Waals surface area (Å²) in [5.74, 6) is 0. The van der Waals surface area contributed by atoms with Crippen LogP contribution in [0.15, 0.2) is 206 Å². The minimum absolute atomic E-state index is 1.000. The Morgan fingerprint density at radius 3 is 0.844 bits per heavy atom. The first kappa shape index (κ1) is 28.7. The van der Waals surface area contributed by atoms with Crippen molar-refractivity contribution in [2.24, 2.45) is 0 Å². The first-order valence-corrected chi connectivity index (χ1v) is 19.9. The Bertz CT molecular complexity index is 1790. The standard InChI is InChI=1S/C43H36Si2/c1-7-19-36(20-8-1)35-44(37-21-9-2-10-22-37,38-23-11-3-12-24-38)39-31-33-43(34-32-39)45(40-25-13-4-14-26-40,41-27-15-5-16-28-41)42-29-17-6-18-30-42/h1-34H,35H2. The van der Waals surface area contributed by atoms with Crippen molar-refractivity contribution in [1.29, 1.82) is 0 Å². The molecule has 0 N–H and O–H groups in total. The molecule has 7 aromatic carbocycles. The van der Waals surface area contributed by atoms with Crippen LogP contribution in [-0.4, -0.2) is 16.1 Å². The van der Waals surface area contributed by atoms with E-state index in [9.17, 15) is 0 Å². The molecule has 216 valence electrons. The Labute approximate surface area is 269 Å². The van der Waals surface area contributed by atoms with Crippen LogP contribution in [0.5, 0.6) is 0 Å². The van der Waals surface area contributed by atoms with Crippen LogP contribution in [0, 0.1) is 0 Å². The highest BCUT2D eigenvalue weighted by molar-refractivity contribution is 7.20. The van der Waals surface area contributed by atoms with Crippen molar-refractivity contribution in [3.05, 3.63) is 212 Å². The summed E-state index contributed by atoms with van der Waals surface area (Å²) >= 11 is 0. The molecule has 0 heterocycles. The van der Waals surface area contributed by atoms with E-state index in [0.717, 1.165) is 6.04 Å². The monoisotopic (exact) mass is 608 g/mol. The number of hydrogen-bond donors (Lipinski definition) is 0. The van der Waals surface area contributed by atoms with Gasteiger partial charge in [0.1, 0.15) is 0 Å². The molecule has 0 aliphatic rings. The summed E-state index contributed by atoms with van der Waals surface area (Å²) in [5, 5.41) is 9.90. The molecule has 0 aromatic heterocycles. The van der Waals surface area contributed by atoms with Gasteiger partial charge in [-0.05, 0) is 47.9 Å². The van der Waals surface area contributed by atoms with E-state index in [2.05, 4.69) is 206 Å². The molecule has 0 radical (unpaired) electrons. The molecule has 0 saturated carbocycles. The predicted octanol–water partition coefficient (Wildman–Crippen LogP) is 5.32. The first-order valence-electron chi connectivity index (χ1n) is 15.7. The summed E-state index contributed by atoms with van der Waals surface area (Å²) in [5.41, 5.74) is 1.38. The van der Waals surface area contributed by atoms with Crippen LogP contribution in [0.2, 0.25) is 0 Å². The molecular weight excluding hydrogens is 573 g/mol. The van der Waals surface area contributed by atoms with E-state index in [1.54, 1.807) is 0 Å². The van der Waals surface area contributed by atoms with Crippen LogP contribution < -0.4 is 36.3 Å². The van der Waals surface area contributed by atoms with Crippen molar-refractivity contribution in [2.45, 2.75) is 6.04 Å². The lowest BCUT2D eigenvalue weighted by molar-refractivity contribution is 1.35. The molecule has 0 atom stereocenters. The lowest BCUT2D eigenvalue weighted by atomic mass is 10.2. The van der Waals surface area contributed by atoms with Crippen LogP contribution >= 0.6 is 0 Å². The maximum atomic E-state index is 2.47. The average molecular weight is 609 g/mol. The summed E-state index contributed by atoms with van der Waals surface area (Å²) in [6.45, 7) is 0. The van der Waals surface area contributed by atoms with Gasteiger partial charge in [0, 0.05) is 0 Å². The van der Waals surface area contributed by atoms with E-state index in [-0.39, 0.29) is 0 Å². The summed E-state index contributed by atoms with van der Waals surface area (Å²) in [4.78, 5) is 0. The summed E-state index contributed by atoms with van der Waals surface area (Å²) in [6.07, 6.45) is 0. The molecule has 0 amide bonds. The maximum absolute atomic E-state index is 2.60. The van der Waals surface area contributed by atoms with E-state index in [0.29, 0.717) is 0 Å². The Morgan fingerprint density at radius 1 is 0.244 bits per heavy atom. The molecule has 2 heteroatoms. The third-order valence-corrected chi connectivity index (χ3v) is 19.0. The molecule has 0 fully saturated rings. The lowest BCUT2D eigenvalue weighted by Crippen LogP contribution is -2.75. The summed E-state index contributed by atoms with van der Waals surface area (Å²) in [6, 6.07) is 78.0. The fourth-order valence-electron chi connectivity index (χ4n) is 7.22. The molecule has 7 aromatic rings. The summed E-state index contributed by atoms with van der Waals surface area (Å²) in [7, 11) is -5.07. The first-order chi connectivity index (χ1) is 22.3. The Kier molecular flexibility index (Phi) is 8.24. The van der Waals surface area contributed by atoms with Crippen LogP contribution in [0.25, 0.3) is 0 Å². The molecule has 45 heavy (non-hydrogen) atoms. The zero-order valence-corrected chi connectivity index (χ0v) is 27.3. The third kappa shape index (κ3) is 5.33. The van der Waals surface area contributed by atoms with Gasteiger partial charge in [-0.3, -0.25) is 0 Å². The van der Waals surface area contributed by atoms with Gasteiger partial charge in [0.25, 0.3) is 0 Å². The van der Waals surface area contributed by atoms with E-state index < -0.39 is 16.1 Å². The zero-order chi connectivity index (χ0) is 30.4. The van der Waals surface area contributed by atoms with Gasteiger partial charge < -0.3 is 0 Å². The quantitative estimate of drug-likeness (QED) is 0.154. The van der Waals surface area contributed by atoms with Crippen LogP contribution in [0.3, 0.4) is 0 Å². The molecule has 0 spiro atoms. The normalized spacial score (nSPS) is 11.6. The van der Waals surface area contributed by atoms with Gasteiger partial charge in [0.15, 0.2) is 16.1 Å². The average Bonchev–Trinajstić information content (AvgIpc) is 3.14. The Hall–Kier alpha value is -5.03. The van der Waals surface area contributed by atoms with Crippen molar-refractivity contribution in [2.75, 3.05) is 0 Å². The van der Waals surface area contributed by atoms with E-state index in [4.69, 9.17) is 0 Å². The van der Waals surface area contributed by atoms with Crippen molar-refractivity contribution in [1.82, 2.24) is 0 Å². The van der Waals surface area contributed by atoms with Gasteiger partial charge in [-0.1, -0.05) is 206 Å². The fraction of sp³-hybridized carbons (Fsp3) is 0.0233. The minimum Gasteiger partial charge on any atom is -0.0624 e. The molecule has 0 aliphatic carbocycles. The molecular formula is C43H36Si2. The van der Waals surface area contributed by atoms with Gasteiger partial charge in [-0.25, -0.2) is 0 Å². The second-order valence-corrected chi connectivity index (χ2v) is 19.4. The molecule has 0 unspecified atom stereocenters. The van der Waals surface area contributed by atoms with Gasteiger partial charge >= 0.3 is 0 Å². The maximum Gasteiger partial charge on any atom is 0.179 e. The van der Waals surface area contributed by atoms with Gasteiger partial charge in [-0.2, -0.15) is 0 Å². The third-order valence-electron chi connectivity index (χ3n) is 9.28. The highest BCUT2D eigenvalue weighted by Crippen LogP contribution is 2.16. The van der Waals surface area contributed by atoms with Crippen LogP contribution in [0.1, 0.15) is 5.56 Å². The summed E-state index contributed by atoms with van der Waals surface area (Å²) < 4.78 is 0. The second kappa shape index (κ2) is 12.9. The van der Waals surface area contributed by atoms with E-state index in [1.165, 1.54) is 41.9 Å². The number of hydrogen-bond acceptors (Lipinski definition) is 0. The topological polar surface area (TPSA) is 0 Å². The lowest BCUT2D eigenvalue weighted by Gasteiger charge is -2.36. The van der Waals surface area contributed by atoms with Gasteiger partial charge in [0.05, 0.1) is 0 Å². The smallest absolute Gasteiger partial charge is 0.0624 e. The zero-order valence-electron chi connectivity index (χ0n) is 25.3. The molecule has 0 nitrogen and oxygen atoms in total. The fourth-order valence-corrected chi connectivity index (χ4v) is 16.7. The second-order valence-electron chi connectivity index (χ2n) is 11.7. The minimum atomic E-state index is -2.60. The Balaban J connectivity index is 1.49. The van der Waals surface area contributed by atoms with Gasteiger partial charge in [-0.15, -0.1) is 0 Å². The highest BCUT2D eigenvalue weighted by atomic mass is 28.3. The predicted molar refractivity (Wildman–Crippen MR) is 198 cm³/mol. The van der Waals surface area contributed by atoms with Crippen LogP contribution in [-0.2, 0) is 6.04 Å². The van der Waals surface area contributed by atoms with E-state index >= 15 is 0 Å². The molecule has 0 saturated heterocycles. The van der Waals surface area contributed by atoms with Crippen molar-refractivity contribution in [3.8, 4) is 0 Å². The van der Waals surface area contributed by atoms with Crippen molar-refractivity contribution >= 4 is 52.5 Å². The van der Waals surface area contributed by atoms with Crippen molar-refractivity contribution < 1.29 is 0 Å². The largest absolute Gasteiger partial charge is 0.179 e. The number of benzene rings is 7. The SMILES string of the molecule is c1ccc(C[Si](c2ccccc2)(c2ccccc2)c2ccc([Si](c3ccccc3)(c3ccccc3)c3ccccc3)cc2)cc1. The van der Waals surface area contributed by atoms with Gasteiger partial charge in [0.2, 0.25) is 0 Å². The Morgan fingerprint density at radius 2 is 0.489 bits per heavy atom.